The van der Waals surface area contributed by atoms with Crippen molar-refractivity contribution in [1.29, 1.82) is 0 Å². The van der Waals surface area contributed by atoms with Crippen molar-refractivity contribution in [3.8, 4) is 0 Å². The highest BCUT2D eigenvalue weighted by Crippen LogP contribution is 2.18. The van der Waals surface area contributed by atoms with Crippen LogP contribution in [0, 0.1) is 0 Å². The molecule has 0 aliphatic heterocycles. The Kier molecular flexibility index (Phi) is 1.53. The van der Waals surface area contributed by atoms with Gasteiger partial charge in [-0.1, -0.05) is 13.8 Å². The SMILES string of the molecule is CC(C)c1nncc2c[nH]nc12. The third kappa shape index (κ3) is 0.958. The van der Waals surface area contributed by atoms with Crippen LogP contribution in [0.25, 0.3) is 10.9 Å². The molecule has 0 fully saturated rings. The monoisotopic (exact) mass is 162 g/mol. The number of hydrogen-bond donors (Lipinski definition) is 1. The predicted octanol–water partition coefficient (Wildman–Crippen LogP) is 1.48. The minimum Gasteiger partial charge on any atom is -0.284 e. The number of H-pyrrole nitrogens is 1. The number of hydrogen-bond acceptors (Lipinski definition) is 3. The Morgan fingerprint density at radius 2 is 2.25 bits per heavy atom. The van der Waals surface area contributed by atoms with Crippen LogP contribution >= 0.6 is 0 Å². The normalized spacial score (nSPS) is 11.2. The van der Waals surface area contributed by atoms with Crippen LogP contribution in [-0.2, 0) is 0 Å². The highest BCUT2D eigenvalue weighted by molar-refractivity contribution is 5.78. The van der Waals surface area contributed by atoms with Crippen molar-refractivity contribution in [2.75, 3.05) is 0 Å². The summed E-state index contributed by atoms with van der Waals surface area (Å²) in [6.45, 7) is 4.16. The molecule has 0 unspecified atom stereocenters. The molecule has 2 rings (SSSR count). The van der Waals surface area contributed by atoms with Gasteiger partial charge in [0.2, 0.25) is 0 Å². The molecule has 0 aliphatic carbocycles. The summed E-state index contributed by atoms with van der Waals surface area (Å²) in [6, 6.07) is 0. The molecular formula is C8H10N4. The predicted molar refractivity (Wildman–Crippen MR) is 45.8 cm³/mol. The molecule has 2 aromatic rings. The average Bonchev–Trinajstić information content (AvgIpc) is 2.49. The largest absolute Gasteiger partial charge is 0.284 e. The van der Waals surface area contributed by atoms with Crippen LogP contribution in [0.3, 0.4) is 0 Å². The summed E-state index contributed by atoms with van der Waals surface area (Å²) in [5.41, 5.74) is 1.88. The van der Waals surface area contributed by atoms with Gasteiger partial charge in [-0.3, -0.25) is 5.10 Å². The molecule has 62 valence electrons. The van der Waals surface area contributed by atoms with Crippen molar-refractivity contribution < 1.29 is 0 Å². The summed E-state index contributed by atoms with van der Waals surface area (Å²) in [5, 5.41) is 15.9. The number of rotatable bonds is 1. The van der Waals surface area contributed by atoms with Gasteiger partial charge in [-0.25, -0.2) is 0 Å². The summed E-state index contributed by atoms with van der Waals surface area (Å²) in [5.74, 6) is 0.365. The standard InChI is InChI=1S/C8H10N4/c1-5(2)7-8-6(3-9-11-7)4-10-12-8/h3-5H,1-2H3,(H,10,12). The van der Waals surface area contributed by atoms with Crippen LogP contribution in [0.15, 0.2) is 12.4 Å². The van der Waals surface area contributed by atoms with E-state index in [0.29, 0.717) is 5.92 Å². The molecule has 0 atom stereocenters. The number of nitrogens with zero attached hydrogens (tertiary/aromatic N) is 3. The Hall–Kier alpha value is -1.45. The van der Waals surface area contributed by atoms with Crippen molar-refractivity contribution in [2.24, 2.45) is 0 Å². The van der Waals surface area contributed by atoms with Gasteiger partial charge in [-0.2, -0.15) is 15.3 Å². The van der Waals surface area contributed by atoms with Gasteiger partial charge in [0.05, 0.1) is 11.9 Å². The zero-order valence-electron chi connectivity index (χ0n) is 7.07. The summed E-state index contributed by atoms with van der Waals surface area (Å²) < 4.78 is 0. The molecular weight excluding hydrogens is 152 g/mol. The Morgan fingerprint density at radius 3 is 3.00 bits per heavy atom. The quantitative estimate of drug-likeness (QED) is 0.690. The van der Waals surface area contributed by atoms with Gasteiger partial charge in [0.25, 0.3) is 0 Å². The fraction of sp³-hybridized carbons (Fsp3) is 0.375. The second kappa shape index (κ2) is 2.55. The first kappa shape index (κ1) is 7.21. The Labute approximate surface area is 70.0 Å². The van der Waals surface area contributed by atoms with Crippen LogP contribution in [0.2, 0.25) is 0 Å². The van der Waals surface area contributed by atoms with Crippen LogP contribution in [0.4, 0.5) is 0 Å². The van der Waals surface area contributed by atoms with E-state index in [4.69, 9.17) is 0 Å². The van der Waals surface area contributed by atoms with E-state index in [1.807, 2.05) is 6.20 Å². The minimum atomic E-state index is 0.365. The van der Waals surface area contributed by atoms with E-state index in [0.717, 1.165) is 16.6 Å². The number of fused-ring (bicyclic) bond motifs is 1. The Bertz CT molecular complexity index is 391. The van der Waals surface area contributed by atoms with Crippen molar-refractivity contribution in [3.05, 3.63) is 18.1 Å². The van der Waals surface area contributed by atoms with Crippen LogP contribution in [-0.4, -0.2) is 20.4 Å². The molecule has 4 heteroatoms. The highest BCUT2D eigenvalue weighted by Gasteiger charge is 2.08. The molecule has 0 saturated heterocycles. The third-order valence-corrected chi connectivity index (χ3v) is 1.82. The molecule has 0 amide bonds. The molecule has 2 aromatic heterocycles. The van der Waals surface area contributed by atoms with Crippen molar-refractivity contribution in [3.63, 3.8) is 0 Å². The van der Waals surface area contributed by atoms with E-state index in [9.17, 15) is 0 Å². The minimum absolute atomic E-state index is 0.365. The Morgan fingerprint density at radius 1 is 1.42 bits per heavy atom. The summed E-state index contributed by atoms with van der Waals surface area (Å²) >= 11 is 0. The lowest BCUT2D eigenvalue weighted by Crippen LogP contribution is -1.95. The lowest BCUT2D eigenvalue weighted by atomic mass is 10.1. The van der Waals surface area contributed by atoms with Gasteiger partial charge in [-0.15, -0.1) is 0 Å². The summed E-state index contributed by atoms with van der Waals surface area (Å²) in [6.07, 6.45) is 3.54. The smallest absolute Gasteiger partial charge is 0.117 e. The fourth-order valence-corrected chi connectivity index (χ4v) is 1.19. The third-order valence-electron chi connectivity index (χ3n) is 1.82. The van der Waals surface area contributed by atoms with E-state index < -0.39 is 0 Å². The molecule has 0 aromatic carbocycles. The summed E-state index contributed by atoms with van der Waals surface area (Å²) in [4.78, 5) is 0. The van der Waals surface area contributed by atoms with Gasteiger partial charge < -0.3 is 0 Å². The Balaban J connectivity index is 2.73. The van der Waals surface area contributed by atoms with Gasteiger partial charge in [0.15, 0.2) is 0 Å². The molecule has 0 bridgehead atoms. The van der Waals surface area contributed by atoms with E-state index in [1.165, 1.54) is 0 Å². The molecule has 1 N–H and O–H groups in total. The first-order chi connectivity index (χ1) is 5.79. The molecule has 0 radical (unpaired) electrons. The van der Waals surface area contributed by atoms with Gasteiger partial charge in [0, 0.05) is 11.6 Å². The molecule has 0 spiro atoms. The molecule has 12 heavy (non-hydrogen) atoms. The molecule has 0 aliphatic rings. The van der Waals surface area contributed by atoms with Gasteiger partial charge >= 0.3 is 0 Å². The van der Waals surface area contributed by atoms with E-state index in [-0.39, 0.29) is 0 Å². The summed E-state index contributed by atoms with van der Waals surface area (Å²) in [7, 11) is 0. The molecule has 0 saturated carbocycles. The zero-order valence-corrected chi connectivity index (χ0v) is 7.07. The van der Waals surface area contributed by atoms with Crippen molar-refractivity contribution >= 4 is 10.9 Å². The lowest BCUT2D eigenvalue weighted by Gasteiger charge is -2.01. The molecule has 2 heterocycles. The van der Waals surface area contributed by atoms with Crippen LogP contribution in [0.5, 0.6) is 0 Å². The van der Waals surface area contributed by atoms with Gasteiger partial charge in [-0.05, 0) is 5.92 Å². The second-order valence-electron chi connectivity index (χ2n) is 3.07. The number of nitrogens with one attached hydrogen (secondary N) is 1. The van der Waals surface area contributed by atoms with Crippen LogP contribution in [0.1, 0.15) is 25.5 Å². The van der Waals surface area contributed by atoms with Crippen molar-refractivity contribution in [1.82, 2.24) is 20.4 Å². The second-order valence-corrected chi connectivity index (χ2v) is 3.07. The van der Waals surface area contributed by atoms with E-state index >= 15 is 0 Å². The first-order valence-corrected chi connectivity index (χ1v) is 3.94. The van der Waals surface area contributed by atoms with Crippen molar-refractivity contribution in [2.45, 2.75) is 19.8 Å². The fourth-order valence-electron chi connectivity index (χ4n) is 1.19. The first-order valence-electron chi connectivity index (χ1n) is 3.94. The maximum atomic E-state index is 4.11. The highest BCUT2D eigenvalue weighted by atomic mass is 15.1. The maximum Gasteiger partial charge on any atom is 0.117 e. The maximum absolute atomic E-state index is 4.11. The number of aromatic amines is 1. The lowest BCUT2D eigenvalue weighted by molar-refractivity contribution is 0.794. The van der Waals surface area contributed by atoms with E-state index in [2.05, 4.69) is 34.2 Å². The number of aromatic nitrogens is 4. The van der Waals surface area contributed by atoms with Crippen LogP contribution < -0.4 is 0 Å². The van der Waals surface area contributed by atoms with E-state index in [1.54, 1.807) is 6.20 Å². The van der Waals surface area contributed by atoms with Gasteiger partial charge in [0.1, 0.15) is 5.52 Å². The molecule has 4 nitrogen and oxygen atoms in total. The average molecular weight is 162 g/mol. The topological polar surface area (TPSA) is 54.5 Å². The zero-order chi connectivity index (χ0) is 8.55.